The van der Waals surface area contributed by atoms with E-state index in [2.05, 4.69) is 5.32 Å². The van der Waals surface area contributed by atoms with Gasteiger partial charge in [0.2, 0.25) is 5.91 Å². The molecule has 3 nitrogen and oxygen atoms in total. The van der Waals surface area contributed by atoms with Crippen molar-refractivity contribution in [3.05, 3.63) is 71.3 Å². The standard InChI is InChI=1S/C20H22F2N2O/c1-14(16-9-10-17(21)18(22)13-16)23-19(15-7-3-2-4-8-15)20(25)24-11-5-6-12-24/h2-4,7-10,13-14,19,23H,5-6,11-12H2,1H3/t14-,19+/m0/s1. The summed E-state index contributed by atoms with van der Waals surface area (Å²) in [5.41, 5.74) is 1.47. The molecule has 3 rings (SSSR count). The zero-order valence-electron chi connectivity index (χ0n) is 14.2. The number of halogens is 2. The Morgan fingerprint density at radius 1 is 1.00 bits per heavy atom. The quantitative estimate of drug-likeness (QED) is 0.890. The van der Waals surface area contributed by atoms with Gasteiger partial charge in [0.05, 0.1) is 0 Å². The van der Waals surface area contributed by atoms with Gasteiger partial charge in [0.25, 0.3) is 0 Å². The minimum atomic E-state index is -0.881. The van der Waals surface area contributed by atoms with Crippen LogP contribution in [0.1, 0.15) is 43.0 Å². The van der Waals surface area contributed by atoms with Crippen molar-refractivity contribution in [2.24, 2.45) is 0 Å². The lowest BCUT2D eigenvalue weighted by atomic mass is 10.0. The van der Waals surface area contributed by atoms with Gasteiger partial charge in [-0.25, -0.2) is 8.78 Å². The van der Waals surface area contributed by atoms with Crippen molar-refractivity contribution in [1.29, 1.82) is 0 Å². The molecule has 5 heteroatoms. The van der Waals surface area contributed by atoms with E-state index in [1.54, 1.807) is 6.07 Å². The van der Waals surface area contributed by atoms with E-state index in [1.807, 2.05) is 42.2 Å². The van der Waals surface area contributed by atoms with Crippen molar-refractivity contribution in [2.45, 2.75) is 31.8 Å². The molecule has 0 spiro atoms. The van der Waals surface area contributed by atoms with Crippen LogP contribution in [0.25, 0.3) is 0 Å². The summed E-state index contributed by atoms with van der Waals surface area (Å²) >= 11 is 0. The molecular formula is C20H22F2N2O. The summed E-state index contributed by atoms with van der Waals surface area (Å²) in [5, 5.41) is 3.29. The highest BCUT2D eigenvalue weighted by Crippen LogP contribution is 2.24. The molecule has 1 amide bonds. The van der Waals surface area contributed by atoms with Crippen LogP contribution in [0.4, 0.5) is 8.78 Å². The first-order valence-electron chi connectivity index (χ1n) is 8.61. The van der Waals surface area contributed by atoms with E-state index in [9.17, 15) is 13.6 Å². The highest BCUT2D eigenvalue weighted by molar-refractivity contribution is 5.83. The number of carbonyl (C=O) groups is 1. The molecule has 1 aliphatic rings. The summed E-state index contributed by atoms with van der Waals surface area (Å²) in [6, 6.07) is 12.5. The molecule has 0 saturated carbocycles. The number of hydrogen-bond acceptors (Lipinski definition) is 2. The lowest BCUT2D eigenvalue weighted by Crippen LogP contribution is -2.40. The Balaban J connectivity index is 1.83. The Bertz CT molecular complexity index is 730. The number of amides is 1. The lowest BCUT2D eigenvalue weighted by molar-refractivity contribution is -0.132. The van der Waals surface area contributed by atoms with Crippen LogP contribution in [0.3, 0.4) is 0 Å². The molecule has 0 unspecified atom stereocenters. The maximum absolute atomic E-state index is 13.5. The molecule has 0 aliphatic carbocycles. The largest absolute Gasteiger partial charge is 0.341 e. The van der Waals surface area contributed by atoms with E-state index in [1.165, 1.54) is 6.07 Å². The summed E-state index contributed by atoms with van der Waals surface area (Å²) in [6.45, 7) is 3.38. The summed E-state index contributed by atoms with van der Waals surface area (Å²) in [6.07, 6.45) is 2.04. The molecule has 2 aromatic rings. The fourth-order valence-corrected chi connectivity index (χ4v) is 3.20. The van der Waals surface area contributed by atoms with Crippen LogP contribution in [0.5, 0.6) is 0 Å². The summed E-state index contributed by atoms with van der Waals surface area (Å²) in [5.74, 6) is -1.73. The van der Waals surface area contributed by atoms with Gasteiger partial charge < -0.3 is 4.90 Å². The van der Waals surface area contributed by atoms with Gasteiger partial charge in [0.15, 0.2) is 11.6 Å². The molecule has 2 atom stereocenters. The maximum atomic E-state index is 13.5. The Morgan fingerprint density at radius 3 is 2.32 bits per heavy atom. The predicted octanol–water partition coefficient (Wildman–Crippen LogP) is 3.98. The zero-order valence-corrected chi connectivity index (χ0v) is 14.2. The average molecular weight is 344 g/mol. The van der Waals surface area contributed by atoms with Crippen LogP contribution < -0.4 is 5.32 Å². The van der Waals surface area contributed by atoms with E-state index in [-0.39, 0.29) is 11.9 Å². The van der Waals surface area contributed by atoms with Gasteiger partial charge in [0.1, 0.15) is 6.04 Å². The number of rotatable bonds is 5. The third-order valence-electron chi connectivity index (χ3n) is 4.66. The molecule has 1 fully saturated rings. The van der Waals surface area contributed by atoms with Crippen LogP contribution in [-0.2, 0) is 4.79 Å². The molecule has 2 aromatic carbocycles. The van der Waals surface area contributed by atoms with E-state index >= 15 is 0 Å². The van der Waals surface area contributed by atoms with Crippen LogP contribution in [0.15, 0.2) is 48.5 Å². The Morgan fingerprint density at radius 2 is 1.68 bits per heavy atom. The van der Waals surface area contributed by atoms with Crippen molar-refractivity contribution in [1.82, 2.24) is 10.2 Å². The lowest BCUT2D eigenvalue weighted by Gasteiger charge is -2.27. The number of benzene rings is 2. The van der Waals surface area contributed by atoms with E-state index < -0.39 is 17.7 Å². The molecule has 25 heavy (non-hydrogen) atoms. The second-order valence-electron chi connectivity index (χ2n) is 6.44. The number of hydrogen-bond donors (Lipinski definition) is 1. The van der Waals surface area contributed by atoms with Crippen molar-refractivity contribution in [2.75, 3.05) is 13.1 Å². The van der Waals surface area contributed by atoms with Gasteiger partial charge in [-0.3, -0.25) is 10.1 Å². The van der Waals surface area contributed by atoms with Crippen LogP contribution in [0, 0.1) is 11.6 Å². The Labute approximate surface area is 146 Å². The van der Waals surface area contributed by atoms with Crippen molar-refractivity contribution in [3.8, 4) is 0 Å². The van der Waals surface area contributed by atoms with Gasteiger partial charge >= 0.3 is 0 Å². The molecule has 0 radical (unpaired) electrons. The number of nitrogens with zero attached hydrogens (tertiary/aromatic N) is 1. The molecule has 132 valence electrons. The number of nitrogens with one attached hydrogen (secondary N) is 1. The summed E-state index contributed by atoms with van der Waals surface area (Å²) in [4.78, 5) is 14.8. The third-order valence-corrected chi connectivity index (χ3v) is 4.66. The van der Waals surface area contributed by atoms with Crippen LogP contribution in [0.2, 0.25) is 0 Å². The maximum Gasteiger partial charge on any atom is 0.244 e. The fraction of sp³-hybridized carbons (Fsp3) is 0.350. The van der Waals surface area contributed by atoms with E-state index in [4.69, 9.17) is 0 Å². The second-order valence-corrected chi connectivity index (χ2v) is 6.44. The molecule has 0 bridgehead atoms. The first kappa shape index (κ1) is 17.5. The molecule has 1 saturated heterocycles. The fourth-order valence-electron chi connectivity index (χ4n) is 3.20. The molecule has 1 N–H and O–H groups in total. The summed E-state index contributed by atoms with van der Waals surface area (Å²) in [7, 11) is 0. The van der Waals surface area contributed by atoms with Crippen molar-refractivity contribution < 1.29 is 13.6 Å². The molecule has 1 aliphatic heterocycles. The highest BCUT2D eigenvalue weighted by Gasteiger charge is 2.29. The molecule has 1 heterocycles. The zero-order chi connectivity index (χ0) is 17.8. The normalized spacial score (nSPS) is 16.7. The summed E-state index contributed by atoms with van der Waals surface area (Å²) < 4.78 is 26.7. The average Bonchev–Trinajstić information content (AvgIpc) is 3.16. The van der Waals surface area contributed by atoms with E-state index in [0.29, 0.717) is 5.56 Å². The van der Waals surface area contributed by atoms with Gasteiger partial charge in [0, 0.05) is 19.1 Å². The Kier molecular flexibility index (Phi) is 5.43. The van der Waals surface area contributed by atoms with Crippen molar-refractivity contribution in [3.63, 3.8) is 0 Å². The van der Waals surface area contributed by atoms with Crippen LogP contribution >= 0.6 is 0 Å². The first-order valence-corrected chi connectivity index (χ1v) is 8.61. The highest BCUT2D eigenvalue weighted by atomic mass is 19.2. The number of carbonyl (C=O) groups excluding carboxylic acids is 1. The van der Waals surface area contributed by atoms with Gasteiger partial charge in [-0.1, -0.05) is 36.4 Å². The smallest absolute Gasteiger partial charge is 0.244 e. The predicted molar refractivity (Wildman–Crippen MR) is 92.9 cm³/mol. The first-order chi connectivity index (χ1) is 12.1. The topological polar surface area (TPSA) is 32.3 Å². The van der Waals surface area contributed by atoms with Crippen LogP contribution in [-0.4, -0.2) is 23.9 Å². The second kappa shape index (κ2) is 7.74. The van der Waals surface area contributed by atoms with Gasteiger partial charge in [-0.05, 0) is 43.0 Å². The van der Waals surface area contributed by atoms with E-state index in [0.717, 1.165) is 37.6 Å². The number of likely N-dealkylation sites (tertiary alicyclic amines) is 1. The van der Waals surface area contributed by atoms with Crippen molar-refractivity contribution >= 4 is 5.91 Å². The SMILES string of the molecule is C[C@H](N[C@@H](C(=O)N1CCCC1)c1ccccc1)c1ccc(F)c(F)c1. The third kappa shape index (κ3) is 4.04. The minimum absolute atomic E-state index is 0.0260. The minimum Gasteiger partial charge on any atom is -0.341 e. The molecular weight excluding hydrogens is 322 g/mol. The van der Waals surface area contributed by atoms with Gasteiger partial charge in [-0.2, -0.15) is 0 Å². The van der Waals surface area contributed by atoms with Gasteiger partial charge in [-0.15, -0.1) is 0 Å². The monoisotopic (exact) mass is 344 g/mol. The Hall–Kier alpha value is -2.27. The molecule has 0 aromatic heterocycles.